The molecule has 0 radical (unpaired) electrons. The smallest absolute Gasteiger partial charge is 0.338 e. The number of sulfonamides is 1. The lowest BCUT2D eigenvalue weighted by atomic mass is 10.1. The number of rotatable bonds is 7. The maximum absolute atomic E-state index is 13.0. The number of carbonyl (C=O) groups is 1. The molecular weight excluding hydrogens is 444 g/mol. The second-order valence-corrected chi connectivity index (χ2v) is 9.55. The fraction of sp³-hybridized carbons (Fsp3) is 0.348. The highest BCUT2D eigenvalue weighted by Crippen LogP contribution is 2.24. The molecule has 2 aromatic carbocycles. The molecule has 1 saturated heterocycles. The van der Waals surface area contributed by atoms with Crippen molar-refractivity contribution in [2.75, 3.05) is 26.3 Å². The van der Waals surface area contributed by atoms with Gasteiger partial charge in [0.1, 0.15) is 12.4 Å². The van der Waals surface area contributed by atoms with Gasteiger partial charge in [0.25, 0.3) is 0 Å². The van der Waals surface area contributed by atoms with Gasteiger partial charge < -0.3 is 14.0 Å². The van der Waals surface area contributed by atoms with Crippen molar-refractivity contribution in [3.8, 4) is 6.07 Å². The van der Waals surface area contributed by atoms with Crippen molar-refractivity contribution in [1.29, 1.82) is 5.26 Å². The van der Waals surface area contributed by atoms with Gasteiger partial charge in [0.2, 0.25) is 10.0 Å². The normalized spacial score (nSPS) is 14.8. The van der Waals surface area contributed by atoms with Crippen molar-refractivity contribution in [1.82, 2.24) is 13.9 Å². The molecule has 0 N–H and O–H groups in total. The van der Waals surface area contributed by atoms with E-state index in [4.69, 9.17) is 14.7 Å². The van der Waals surface area contributed by atoms with Crippen LogP contribution in [0.15, 0.2) is 47.4 Å². The summed E-state index contributed by atoms with van der Waals surface area (Å²) >= 11 is 0. The lowest BCUT2D eigenvalue weighted by Gasteiger charge is -2.26. The monoisotopic (exact) mass is 468 g/mol. The van der Waals surface area contributed by atoms with Gasteiger partial charge in [0.05, 0.1) is 46.3 Å². The number of morpholine rings is 1. The molecule has 1 aromatic heterocycles. The van der Waals surface area contributed by atoms with E-state index in [0.717, 1.165) is 11.9 Å². The predicted molar refractivity (Wildman–Crippen MR) is 120 cm³/mol. The molecule has 0 spiro atoms. The first-order valence-electron chi connectivity index (χ1n) is 10.7. The van der Waals surface area contributed by atoms with Crippen LogP contribution >= 0.6 is 0 Å². The van der Waals surface area contributed by atoms with Crippen molar-refractivity contribution in [2.24, 2.45) is 0 Å². The zero-order valence-corrected chi connectivity index (χ0v) is 19.0. The Kier molecular flexibility index (Phi) is 6.74. The third-order valence-corrected chi connectivity index (χ3v) is 7.31. The number of aryl methyl sites for hydroxylation is 1. The largest absolute Gasteiger partial charge is 0.454 e. The van der Waals surface area contributed by atoms with Gasteiger partial charge in [-0.05, 0) is 42.8 Å². The number of nitriles is 1. The van der Waals surface area contributed by atoms with Crippen LogP contribution in [-0.2, 0) is 32.6 Å². The summed E-state index contributed by atoms with van der Waals surface area (Å²) in [5.74, 6) is -0.0321. The fourth-order valence-corrected chi connectivity index (χ4v) is 5.20. The first kappa shape index (κ1) is 22.9. The van der Waals surface area contributed by atoms with Gasteiger partial charge in [-0.3, -0.25) is 0 Å². The number of hydrogen-bond donors (Lipinski definition) is 0. The van der Waals surface area contributed by atoms with E-state index in [1.54, 1.807) is 36.4 Å². The summed E-state index contributed by atoms with van der Waals surface area (Å²) in [5.41, 5.74) is 1.95. The number of imidazole rings is 1. The summed E-state index contributed by atoms with van der Waals surface area (Å²) in [7, 11) is -3.65. The van der Waals surface area contributed by atoms with E-state index >= 15 is 0 Å². The summed E-state index contributed by atoms with van der Waals surface area (Å²) in [5, 5.41) is 9.02. The summed E-state index contributed by atoms with van der Waals surface area (Å²) in [4.78, 5) is 17.2. The molecule has 2 heterocycles. The predicted octanol–water partition coefficient (Wildman–Crippen LogP) is 2.70. The Morgan fingerprint density at radius 1 is 1.21 bits per heavy atom. The molecule has 1 aliphatic rings. The van der Waals surface area contributed by atoms with Crippen molar-refractivity contribution in [2.45, 2.75) is 31.4 Å². The average Bonchev–Trinajstić information content (AvgIpc) is 3.20. The Morgan fingerprint density at radius 3 is 2.73 bits per heavy atom. The molecule has 0 amide bonds. The van der Waals surface area contributed by atoms with Crippen molar-refractivity contribution in [3.63, 3.8) is 0 Å². The van der Waals surface area contributed by atoms with E-state index in [9.17, 15) is 13.2 Å². The van der Waals surface area contributed by atoms with Crippen LogP contribution in [0.3, 0.4) is 0 Å². The van der Waals surface area contributed by atoms with E-state index in [-0.39, 0.29) is 17.1 Å². The van der Waals surface area contributed by atoms with Crippen LogP contribution in [0, 0.1) is 11.3 Å². The second kappa shape index (κ2) is 9.70. The fourth-order valence-electron chi connectivity index (χ4n) is 3.77. The number of hydrogen-bond acceptors (Lipinski definition) is 7. The third-order valence-electron chi connectivity index (χ3n) is 5.41. The molecule has 0 aliphatic carbocycles. The lowest BCUT2D eigenvalue weighted by Crippen LogP contribution is -2.40. The Hall–Kier alpha value is -3.26. The van der Waals surface area contributed by atoms with E-state index in [1.807, 2.05) is 17.6 Å². The quantitative estimate of drug-likeness (QED) is 0.490. The third kappa shape index (κ3) is 4.75. The average molecular weight is 469 g/mol. The van der Waals surface area contributed by atoms with Crippen molar-refractivity contribution in [3.05, 3.63) is 59.4 Å². The molecule has 1 aliphatic heterocycles. The maximum atomic E-state index is 13.0. The van der Waals surface area contributed by atoms with Crippen LogP contribution in [0.4, 0.5) is 0 Å². The SMILES string of the molecule is CCCn1c(COC(=O)c2cccc(C#N)c2)nc2cc(S(=O)(=O)N3CCOCC3)ccc21. The molecule has 1 fully saturated rings. The Balaban J connectivity index is 1.60. The minimum atomic E-state index is -3.65. The number of nitrogens with zero attached hydrogens (tertiary/aromatic N) is 4. The summed E-state index contributed by atoms with van der Waals surface area (Å²) in [6.07, 6.45) is 0.824. The Labute approximate surface area is 192 Å². The molecular formula is C23H24N4O5S. The van der Waals surface area contributed by atoms with Gasteiger partial charge >= 0.3 is 5.97 Å². The van der Waals surface area contributed by atoms with Crippen LogP contribution < -0.4 is 0 Å². The van der Waals surface area contributed by atoms with Gasteiger partial charge in [-0.25, -0.2) is 18.2 Å². The highest BCUT2D eigenvalue weighted by atomic mass is 32.2. The van der Waals surface area contributed by atoms with Crippen LogP contribution in [0.2, 0.25) is 0 Å². The van der Waals surface area contributed by atoms with Crippen LogP contribution in [0.5, 0.6) is 0 Å². The molecule has 0 unspecified atom stereocenters. The highest BCUT2D eigenvalue weighted by molar-refractivity contribution is 7.89. The van der Waals surface area contributed by atoms with E-state index < -0.39 is 16.0 Å². The summed E-state index contributed by atoms with van der Waals surface area (Å²) < 4.78 is 40.1. The number of benzene rings is 2. The topological polar surface area (TPSA) is 115 Å². The molecule has 9 nitrogen and oxygen atoms in total. The first-order valence-corrected chi connectivity index (χ1v) is 12.1. The van der Waals surface area contributed by atoms with Crippen molar-refractivity contribution >= 4 is 27.0 Å². The molecule has 172 valence electrons. The summed E-state index contributed by atoms with van der Waals surface area (Å²) in [6.45, 7) is 3.97. The van der Waals surface area contributed by atoms with Crippen LogP contribution in [0.1, 0.15) is 35.1 Å². The van der Waals surface area contributed by atoms with Gasteiger partial charge in [-0.2, -0.15) is 9.57 Å². The molecule has 0 saturated carbocycles. The summed E-state index contributed by atoms with van der Waals surface area (Å²) in [6, 6.07) is 13.2. The molecule has 4 rings (SSSR count). The lowest BCUT2D eigenvalue weighted by molar-refractivity contribution is 0.0458. The number of ether oxygens (including phenoxy) is 2. The van der Waals surface area contributed by atoms with Gasteiger partial charge in [0.15, 0.2) is 0 Å². The zero-order valence-electron chi connectivity index (χ0n) is 18.2. The molecule has 33 heavy (non-hydrogen) atoms. The maximum Gasteiger partial charge on any atom is 0.338 e. The number of carbonyl (C=O) groups excluding carboxylic acids is 1. The number of esters is 1. The molecule has 0 atom stereocenters. The minimum absolute atomic E-state index is 0.0736. The zero-order chi connectivity index (χ0) is 23.4. The van der Waals surface area contributed by atoms with Crippen LogP contribution in [-0.4, -0.2) is 54.5 Å². The standard InChI is InChI=1S/C23H24N4O5S/c1-2-8-27-21-7-6-19(33(29,30)26-9-11-31-12-10-26)14-20(21)25-22(27)16-32-23(28)18-5-3-4-17(13-18)15-24/h3-7,13-14H,2,8-12,16H2,1H3. The van der Waals surface area contributed by atoms with Gasteiger partial charge in [-0.1, -0.05) is 13.0 Å². The second-order valence-electron chi connectivity index (χ2n) is 7.62. The van der Waals surface area contributed by atoms with Gasteiger partial charge in [-0.15, -0.1) is 0 Å². The minimum Gasteiger partial charge on any atom is -0.454 e. The van der Waals surface area contributed by atoms with E-state index in [2.05, 4.69) is 4.98 Å². The first-order chi connectivity index (χ1) is 15.9. The van der Waals surface area contributed by atoms with Crippen LogP contribution in [0.25, 0.3) is 11.0 Å². The Morgan fingerprint density at radius 2 is 2.00 bits per heavy atom. The highest BCUT2D eigenvalue weighted by Gasteiger charge is 2.27. The van der Waals surface area contributed by atoms with Crippen molar-refractivity contribution < 1.29 is 22.7 Å². The molecule has 3 aromatic rings. The number of fused-ring (bicyclic) bond motifs is 1. The Bertz CT molecular complexity index is 1320. The molecule has 10 heteroatoms. The van der Waals surface area contributed by atoms with E-state index in [0.29, 0.717) is 49.8 Å². The molecule has 0 bridgehead atoms. The number of aromatic nitrogens is 2. The van der Waals surface area contributed by atoms with E-state index in [1.165, 1.54) is 10.4 Å². The van der Waals surface area contributed by atoms with Gasteiger partial charge in [0, 0.05) is 19.6 Å².